The van der Waals surface area contributed by atoms with Crippen LogP contribution in [-0.2, 0) is 0 Å². The van der Waals surface area contributed by atoms with E-state index in [1.807, 2.05) is 0 Å². The van der Waals surface area contributed by atoms with Crippen molar-refractivity contribution >= 4 is 0 Å². The van der Waals surface area contributed by atoms with Gasteiger partial charge in [0.1, 0.15) is 0 Å². The zero-order chi connectivity index (χ0) is 10.0. The van der Waals surface area contributed by atoms with Crippen LogP contribution in [0.3, 0.4) is 0 Å². The number of nitrogens with one attached hydrogen (secondary N) is 1. The van der Waals surface area contributed by atoms with Gasteiger partial charge in [0, 0.05) is 19.1 Å². The largest absolute Gasteiger partial charge is 0.316 e. The summed E-state index contributed by atoms with van der Waals surface area (Å²) in [7, 11) is 2.09. The number of hydrogen-bond acceptors (Lipinski definition) is 2. The smallest absolute Gasteiger partial charge is 0.0204 e. The second kappa shape index (κ2) is 4.19. The highest BCUT2D eigenvalue weighted by Crippen LogP contribution is 2.38. The molecule has 1 aliphatic heterocycles. The standard InChI is InChI=1S/C12H24N2/c1-12(6-3-4-7-12)10-14-8-5-11(9-14)13-2/h11,13H,3-10H2,1-2H3. The molecule has 2 nitrogen and oxygen atoms in total. The van der Waals surface area contributed by atoms with E-state index in [9.17, 15) is 0 Å². The molecule has 0 bridgehead atoms. The van der Waals surface area contributed by atoms with E-state index in [-0.39, 0.29) is 0 Å². The van der Waals surface area contributed by atoms with Crippen LogP contribution in [0.2, 0.25) is 0 Å². The van der Waals surface area contributed by atoms with Crippen molar-refractivity contribution in [1.82, 2.24) is 10.2 Å². The normalized spacial score (nSPS) is 32.6. The number of hydrogen-bond donors (Lipinski definition) is 1. The zero-order valence-corrected chi connectivity index (χ0v) is 9.68. The maximum absolute atomic E-state index is 3.39. The minimum Gasteiger partial charge on any atom is -0.316 e. The Kier molecular flexibility index (Phi) is 3.13. The van der Waals surface area contributed by atoms with E-state index in [1.165, 1.54) is 51.7 Å². The fourth-order valence-electron chi connectivity index (χ4n) is 3.14. The first-order valence-electron chi connectivity index (χ1n) is 6.11. The molecule has 1 aliphatic carbocycles. The molecule has 14 heavy (non-hydrogen) atoms. The van der Waals surface area contributed by atoms with Gasteiger partial charge in [-0.05, 0) is 38.3 Å². The summed E-state index contributed by atoms with van der Waals surface area (Å²) < 4.78 is 0. The molecule has 2 rings (SSSR count). The van der Waals surface area contributed by atoms with Gasteiger partial charge in [0.25, 0.3) is 0 Å². The van der Waals surface area contributed by atoms with Crippen molar-refractivity contribution in [2.75, 3.05) is 26.7 Å². The molecule has 0 aromatic carbocycles. The summed E-state index contributed by atoms with van der Waals surface area (Å²) in [5.74, 6) is 0. The third kappa shape index (κ3) is 2.29. The van der Waals surface area contributed by atoms with E-state index in [2.05, 4.69) is 24.2 Å². The van der Waals surface area contributed by atoms with E-state index in [0.717, 1.165) is 6.04 Å². The van der Waals surface area contributed by atoms with Gasteiger partial charge in [-0.3, -0.25) is 0 Å². The van der Waals surface area contributed by atoms with E-state index in [0.29, 0.717) is 5.41 Å². The average Bonchev–Trinajstić information content (AvgIpc) is 2.75. The number of nitrogens with zero attached hydrogens (tertiary/aromatic N) is 1. The number of likely N-dealkylation sites (N-methyl/N-ethyl adjacent to an activating group) is 1. The Hall–Kier alpha value is -0.0800. The van der Waals surface area contributed by atoms with Crippen molar-refractivity contribution in [2.45, 2.75) is 45.1 Å². The maximum Gasteiger partial charge on any atom is 0.0204 e. The van der Waals surface area contributed by atoms with Crippen molar-refractivity contribution in [3.63, 3.8) is 0 Å². The predicted molar refractivity (Wildman–Crippen MR) is 60.5 cm³/mol. The maximum atomic E-state index is 3.39. The molecule has 0 amide bonds. The van der Waals surface area contributed by atoms with Crippen LogP contribution in [-0.4, -0.2) is 37.6 Å². The molecular weight excluding hydrogens is 172 g/mol. The van der Waals surface area contributed by atoms with Crippen molar-refractivity contribution < 1.29 is 0 Å². The van der Waals surface area contributed by atoms with E-state index in [1.54, 1.807) is 0 Å². The zero-order valence-electron chi connectivity index (χ0n) is 9.68. The summed E-state index contributed by atoms with van der Waals surface area (Å²) in [5, 5.41) is 3.39. The van der Waals surface area contributed by atoms with Gasteiger partial charge in [-0.15, -0.1) is 0 Å². The van der Waals surface area contributed by atoms with Crippen LogP contribution in [0.4, 0.5) is 0 Å². The van der Waals surface area contributed by atoms with Crippen LogP contribution in [0.15, 0.2) is 0 Å². The summed E-state index contributed by atoms with van der Waals surface area (Å²) in [6.45, 7) is 6.39. The first kappa shape index (κ1) is 10.4. The van der Waals surface area contributed by atoms with Crippen molar-refractivity contribution in [1.29, 1.82) is 0 Å². The molecule has 1 heterocycles. The molecule has 0 spiro atoms. The summed E-state index contributed by atoms with van der Waals surface area (Å²) in [4.78, 5) is 2.66. The van der Waals surface area contributed by atoms with Crippen LogP contribution in [0.25, 0.3) is 0 Å². The summed E-state index contributed by atoms with van der Waals surface area (Å²) in [6.07, 6.45) is 7.16. The van der Waals surface area contributed by atoms with E-state index >= 15 is 0 Å². The lowest BCUT2D eigenvalue weighted by atomic mass is 9.88. The Bertz CT molecular complexity index is 185. The van der Waals surface area contributed by atoms with Crippen molar-refractivity contribution in [3.8, 4) is 0 Å². The third-order valence-corrected chi connectivity index (χ3v) is 4.10. The van der Waals surface area contributed by atoms with E-state index in [4.69, 9.17) is 0 Å². The second-order valence-electron chi connectivity index (χ2n) is 5.53. The summed E-state index contributed by atoms with van der Waals surface area (Å²) in [5.41, 5.74) is 0.641. The third-order valence-electron chi connectivity index (χ3n) is 4.10. The molecule has 1 atom stereocenters. The Labute approximate surface area is 88.1 Å². The molecule has 2 fully saturated rings. The topological polar surface area (TPSA) is 15.3 Å². The Morgan fingerprint density at radius 2 is 2.07 bits per heavy atom. The van der Waals surface area contributed by atoms with Gasteiger partial charge in [0.05, 0.1) is 0 Å². The molecule has 0 aromatic rings. The van der Waals surface area contributed by atoms with Crippen molar-refractivity contribution in [3.05, 3.63) is 0 Å². The molecule has 2 heteroatoms. The highest BCUT2D eigenvalue weighted by molar-refractivity contribution is 4.88. The van der Waals surface area contributed by atoms with Crippen LogP contribution < -0.4 is 5.32 Å². The Morgan fingerprint density at radius 3 is 2.64 bits per heavy atom. The molecule has 1 N–H and O–H groups in total. The SMILES string of the molecule is CNC1CCN(CC2(C)CCCC2)C1. The quantitative estimate of drug-likeness (QED) is 0.741. The summed E-state index contributed by atoms with van der Waals surface area (Å²) in [6, 6.07) is 0.750. The Balaban J connectivity index is 1.80. The minimum atomic E-state index is 0.641. The Morgan fingerprint density at radius 1 is 1.36 bits per heavy atom. The number of rotatable bonds is 3. The van der Waals surface area contributed by atoms with Crippen LogP contribution in [0.1, 0.15) is 39.0 Å². The van der Waals surface area contributed by atoms with Gasteiger partial charge in [-0.1, -0.05) is 19.8 Å². The van der Waals surface area contributed by atoms with Crippen LogP contribution in [0.5, 0.6) is 0 Å². The van der Waals surface area contributed by atoms with Gasteiger partial charge in [0.2, 0.25) is 0 Å². The minimum absolute atomic E-state index is 0.641. The molecular formula is C12H24N2. The lowest BCUT2D eigenvalue weighted by molar-refractivity contribution is 0.193. The van der Waals surface area contributed by atoms with Gasteiger partial charge in [-0.25, -0.2) is 0 Å². The fraction of sp³-hybridized carbons (Fsp3) is 1.00. The lowest BCUT2D eigenvalue weighted by Crippen LogP contribution is -2.35. The molecule has 0 aromatic heterocycles. The lowest BCUT2D eigenvalue weighted by Gasteiger charge is -2.29. The molecule has 1 saturated heterocycles. The fourth-order valence-corrected chi connectivity index (χ4v) is 3.14. The number of likely N-dealkylation sites (tertiary alicyclic amines) is 1. The van der Waals surface area contributed by atoms with E-state index < -0.39 is 0 Å². The highest BCUT2D eigenvalue weighted by Gasteiger charge is 2.32. The molecule has 0 radical (unpaired) electrons. The average molecular weight is 196 g/mol. The molecule has 1 unspecified atom stereocenters. The second-order valence-corrected chi connectivity index (χ2v) is 5.53. The highest BCUT2D eigenvalue weighted by atomic mass is 15.2. The van der Waals surface area contributed by atoms with Gasteiger partial charge < -0.3 is 10.2 Å². The van der Waals surface area contributed by atoms with Gasteiger partial charge >= 0.3 is 0 Å². The van der Waals surface area contributed by atoms with Crippen molar-refractivity contribution in [2.24, 2.45) is 5.41 Å². The first-order valence-corrected chi connectivity index (χ1v) is 6.11. The predicted octanol–water partition coefficient (Wildman–Crippen LogP) is 1.86. The van der Waals surface area contributed by atoms with Crippen LogP contribution in [0, 0.1) is 5.41 Å². The molecule has 1 saturated carbocycles. The monoisotopic (exact) mass is 196 g/mol. The first-order chi connectivity index (χ1) is 6.72. The van der Waals surface area contributed by atoms with Crippen LogP contribution >= 0.6 is 0 Å². The van der Waals surface area contributed by atoms with Gasteiger partial charge in [-0.2, -0.15) is 0 Å². The molecule has 82 valence electrons. The van der Waals surface area contributed by atoms with Gasteiger partial charge in [0.15, 0.2) is 0 Å². The summed E-state index contributed by atoms with van der Waals surface area (Å²) >= 11 is 0. The molecule has 2 aliphatic rings.